The second kappa shape index (κ2) is 8.50. The molecule has 1 aliphatic rings. The van der Waals surface area contributed by atoms with Crippen molar-refractivity contribution in [3.05, 3.63) is 29.3 Å². The summed E-state index contributed by atoms with van der Waals surface area (Å²) in [5.41, 5.74) is 2.62. The van der Waals surface area contributed by atoms with Crippen molar-refractivity contribution in [1.29, 1.82) is 0 Å². The van der Waals surface area contributed by atoms with Gasteiger partial charge in [-0.3, -0.25) is 9.59 Å². The van der Waals surface area contributed by atoms with Crippen molar-refractivity contribution >= 4 is 23.6 Å². The Morgan fingerprint density at radius 3 is 2.32 bits per heavy atom. The van der Waals surface area contributed by atoms with Crippen LogP contribution in [-0.2, 0) is 20.7 Å². The topological polar surface area (TPSA) is 79.0 Å². The minimum Gasteiger partial charge on any atom is -0.450 e. The van der Waals surface area contributed by atoms with Gasteiger partial charge in [-0.25, -0.2) is 4.79 Å². The third-order valence-electron chi connectivity index (χ3n) is 4.27. The van der Waals surface area contributed by atoms with Gasteiger partial charge in [0.2, 0.25) is 0 Å². The number of para-hydroxylation sites is 1. The summed E-state index contributed by atoms with van der Waals surface area (Å²) in [7, 11) is 0. The summed E-state index contributed by atoms with van der Waals surface area (Å²) in [6.45, 7) is 7.33. The number of benzene rings is 1. The predicted molar refractivity (Wildman–Crippen MR) is 94.4 cm³/mol. The third kappa shape index (κ3) is 4.49. The molecule has 0 atom stereocenters. The van der Waals surface area contributed by atoms with Crippen LogP contribution in [0.5, 0.6) is 0 Å². The van der Waals surface area contributed by atoms with E-state index in [1.807, 2.05) is 32.0 Å². The predicted octanol–water partition coefficient (Wildman–Crippen LogP) is 1.80. The van der Waals surface area contributed by atoms with Gasteiger partial charge in [0.25, 0.3) is 0 Å². The highest BCUT2D eigenvalue weighted by Gasteiger charge is 2.28. The number of anilines is 1. The van der Waals surface area contributed by atoms with E-state index < -0.39 is 11.8 Å². The second-order valence-corrected chi connectivity index (χ2v) is 5.89. The standard InChI is InChI=1S/C18H25N3O4/c1-4-14-8-6-7-13(3)15(14)19-16(22)17(23)20-9-11-21(12-10-20)18(24)25-5-2/h6-8H,4-5,9-12H2,1-3H3,(H,19,22). The number of ether oxygens (including phenoxy) is 1. The number of amides is 3. The van der Waals surface area contributed by atoms with Crippen LogP contribution in [0, 0.1) is 6.92 Å². The molecule has 136 valence electrons. The SMILES string of the molecule is CCOC(=O)N1CCN(C(=O)C(=O)Nc2c(C)cccc2CC)CC1. The molecule has 0 aliphatic carbocycles. The fourth-order valence-electron chi connectivity index (χ4n) is 2.82. The summed E-state index contributed by atoms with van der Waals surface area (Å²) >= 11 is 0. The summed E-state index contributed by atoms with van der Waals surface area (Å²) < 4.78 is 4.95. The fourth-order valence-corrected chi connectivity index (χ4v) is 2.82. The van der Waals surface area contributed by atoms with Gasteiger partial charge in [-0.15, -0.1) is 0 Å². The smallest absolute Gasteiger partial charge is 0.409 e. The van der Waals surface area contributed by atoms with E-state index in [9.17, 15) is 14.4 Å². The number of hydrogen-bond acceptors (Lipinski definition) is 4. The van der Waals surface area contributed by atoms with E-state index in [2.05, 4.69) is 5.32 Å². The summed E-state index contributed by atoms with van der Waals surface area (Å²) in [5, 5.41) is 2.75. The molecule has 1 aliphatic heterocycles. The van der Waals surface area contributed by atoms with E-state index in [1.165, 1.54) is 4.90 Å². The summed E-state index contributed by atoms with van der Waals surface area (Å²) in [5.74, 6) is -1.22. The summed E-state index contributed by atoms with van der Waals surface area (Å²) in [6, 6.07) is 5.77. The minimum absolute atomic E-state index is 0.316. The molecule has 1 saturated heterocycles. The van der Waals surface area contributed by atoms with Crippen LogP contribution in [0.1, 0.15) is 25.0 Å². The van der Waals surface area contributed by atoms with Crippen molar-refractivity contribution in [3.63, 3.8) is 0 Å². The van der Waals surface area contributed by atoms with E-state index in [0.29, 0.717) is 38.5 Å². The molecule has 1 aromatic rings. The van der Waals surface area contributed by atoms with Crippen molar-refractivity contribution in [2.45, 2.75) is 27.2 Å². The van der Waals surface area contributed by atoms with E-state index in [-0.39, 0.29) is 6.09 Å². The lowest BCUT2D eigenvalue weighted by Gasteiger charge is -2.33. The maximum atomic E-state index is 12.4. The number of carbonyl (C=O) groups is 3. The molecule has 2 rings (SSSR count). The zero-order valence-corrected chi connectivity index (χ0v) is 15.0. The second-order valence-electron chi connectivity index (χ2n) is 5.89. The Morgan fingerprint density at radius 1 is 1.08 bits per heavy atom. The Bertz CT molecular complexity index is 652. The number of nitrogens with zero attached hydrogens (tertiary/aromatic N) is 2. The minimum atomic E-state index is -0.645. The molecular formula is C18H25N3O4. The Labute approximate surface area is 147 Å². The van der Waals surface area contributed by atoms with Crippen LogP contribution in [0.4, 0.5) is 10.5 Å². The first-order valence-corrected chi connectivity index (χ1v) is 8.58. The normalized spacial score (nSPS) is 14.2. The highest BCUT2D eigenvalue weighted by Crippen LogP contribution is 2.21. The molecule has 0 radical (unpaired) electrons. The Morgan fingerprint density at radius 2 is 1.72 bits per heavy atom. The highest BCUT2D eigenvalue weighted by molar-refractivity contribution is 6.39. The molecule has 0 spiro atoms. The molecule has 3 amide bonds. The number of carbonyl (C=O) groups excluding carboxylic acids is 3. The Hall–Kier alpha value is -2.57. The molecule has 1 N–H and O–H groups in total. The zero-order valence-electron chi connectivity index (χ0n) is 15.0. The lowest BCUT2D eigenvalue weighted by atomic mass is 10.1. The van der Waals surface area contributed by atoms with E-state index in [0.717, 1.165) is 17.5 Å². The number of piperazine rings is 1. The van der Waals surface area contributed by atoms with Gasteiger partial charge < -0.3 is 19.9 Å². The van der Waals surface area contributed by atoms with Crippen LogP contribution < -0.4 is 5.32 Å². The van der Waals surface area contributed by atoms with E-state index in [1.54, 1.807) is 11.8 Å². The van der Waals surface area contributed by atoms with Crippen LogP contribution in [0.3, 0.4) is 0 Å². The number of hydrogen-bond donors (Lipinski definition) is 1. The summed E-state index contributed by atoms with van der Waals surface area (Å²) in [6.07, 6.45) is 0.385. The first-order chi connectivity index (χ1) is 12.0. The molecule has 1 fully saturated rings. The molecular weight excluding hydrogens is 322 g/mol. The number of rotatable bonds is 3. The summed E-state index contributed by atoms with van der Waals surface area (Å²) in [4.78, 5) is 39.4. The van der Waals surface area contributed by atoms with Gasteiger partial charge in [0, 0.05) is 31.9 Å². The van der Waals surface area contributed by atoms with Gasteiger partial charge >= 0.3 is 17.9 Å². The molecule has 25 heavy (non-hydrogen) atoms. The van der Waals surface area contributed by atoms with Crippen LogP contribution in [0.25, 0.3) is 0 Å². The van der Waals surface area contributed by atoms with Gasteiger partial charge in [0.15, 0.2) is 0 Å². The fraction of sp³-hybridized carbons (Fsp3) is 0.500. The van der Waals surface area contributed by atoms with Crippen molar-refractivity contribution in [3.8, 4) is 0 Å². The van der Waals surface area contributed by atoms with Crippen LogP contribution in [0.15, 0.2) is 18.2 Å². The molecule has 0 unspecified atom stereocenters. The van der Waals surface area contributed by atoms with E-state index in [4.69, 9.17) is 4.74 Å². The lowest BCUT2D eigenvalue weighted by molar-refractivity contribution is -0.144. The molecule has 0 aromatic heterocycles. The number of nitrogens with one attached hydrogen (secondary N) is 1. The van der Waals surface area contributed by atoms with Crippen molar-refractivity contribution in [1.82, 2.24) is 9.80 Å². The van der Waals surface area contributed by atoms with E-state index >= 15 is 0 Å². The number of aryl methyl sites for hydroxylation is 2. The van der Waals surface area contributed by atoms with Crippen LogP contribution in [-0.4, -0.2) is 60.5 Å². The average Bonchev–Trinajstić information content (AvgIpc) is 2.63. The van der Waals surface area contributed by atoms with Crippen molar-refractivity contribution in [2.75, 3.05) is 38.1 Å². The largest absolute Gasteiger partial charge is 0.450 e. The van der Waals surface area contributed by atoms with Crippen molar-refractivity contribution < 1.29 is 19.1 Å². The molecule has 7 nitrogen and oxygen atoms in total. The highest BCUT2D eigenvalue weighted by atomic mass is 16.6. The quantitative estimate of drug-likeness (QED) is 0.846. The van der Waals surface area contributed by atoms with Crippen molar-refractivity contribution in [2.24, 2.45) is 0 Å². The molecule has 0 bridgehead atoms. The van der Waals surface area contributed by atoms with Gasteiger partial charge in [-0.05, 0) is 31.4 Å². The Kier molecular flexibility index (Phi) is 6.38. The maximum Gasteiger partial charge on any atom is 0.409 e. The van der Waals surface area contributed by atoms with Crippen LogP contribution in [0.2, 0.25) is 0 Å². The van der Waals surface area contributed by atoms with Gasteiger partial charge in [0.1, 0.15) is 0 Å². The maximum absolute atomic E-state index is 12.4. The van der Waals surface area contributed by atoms with Gasteiger partial charge in [-0.2, -0.15) is 0 Å². The first-order valence-electron chi connectivity index (χ1n) is 8.58. The molecule has 7 heteroatoms. The zero-order chi connectivity index (χ0) is 18.4. The Balaban J connectivity index is 1.96. The average molecular weight is 347 g/mol. The lowest BCUT2D eigenvalue weighted by Crippen LogP contribution is -2.53. The first kappa shape index (κ1) is 18.8. The monoisotopic (exact) mass is 347 g/mol. The molecule has 1 heterocycles. The third-order valence-corrected chi connectivity index (χ3v) is 4.27. The van der Waals surface area contributed by atoms with Gasteiger partial charge in [-0.1, -0.05) is 25.1 Å². The van der Waals surface area contributed by atoms with Crippen LogP contribution >= 0.6 is 0 Å². The van der Waals surface area contributed by atoms with Gasteiger partial charge in [0.05, 0.1) is 6.61 Å². The molecule has 0 saturated carbocycles. The molecule has 1 aromatic carbocycles.